The predicted molar refractivity (Wildman–Crippen MR) is 102 cm³/mol. The van der Waals surface area contributed by atoms with Crippen molar-refractivity contribution in [2.24, 2.45) is 14.1 Å². The summed E-state index contributed by atoms with van der Waals surface area (Å²) < 4.78 is 6.06. The van der Waals surface area contributed by atoms with Gasteiger partial charge in [-0.15, -0.1) is 0 Å². The number of rotatable bonds is 3. The maximum atomic E-state index is 4.72. The van der Waals surface area contributed by atoms with Crippen molar-refractivity contribution < 1.29 is 4.57 Å². The van der Waals surface area contributed by atoms with Crippen LogP contribution in [0.5, 0.6) is 0 Å². The highest BCUT2D eigenvalue weighted by molar-refractivity contribution is 5.84. The van der Waals surface area contributed by atoms with E-state index in [1.807, 2.05) is 36.0 Å². The van der Waals surface area contributed by atoms with Gasteiger partial charge < -0.3 is 0 Å². The zero-order valence-electron chi connectivity index (χ0n) is 16.2. The molecule has 0 spiro atoms. The van der Waals surface area contributed by atoms with Crippen molar-refractivity contribution in [2.45, 2.75) is 39.5 Å². The van der Waals surface area contributed by atoms with Gasteiger partial charge in [0, 0.05) is 25.4 Å². The SMILES string of the molecule is CC(C)c1nn(C)c2ccc(-[n+]3cnc4cnn(C)c4c3C(C)C)cc12. The summed E-state index contributed by atoms with van der Waals surface area (Å²) in [5.41, 5.74) is 6.61. The summed E-state index contributed by atoms with van der Waals surface area (Å²) in [5.74, 6) is 0.714. The van der Waals surface area contributed by atoms with Gasteiger partial charge in [0.2, 0.25) is 5.52 Å². The van der Waals surface area contributed by atoms with Gasteiger partial charge in [0.15, 0.2) is 5.52 Å². The molecule has 0 unspecified atom stereocenters. The van der Waals surface area contributed by atoms with Gasteiger partial charge in [-0.3, -0.25) is 9.36 Å². The molecule has 0 aliphatic carbocycles. The molecule has 3 heterocycles. The second kappa shape index (κ2) is 5.90. The van der Waals surface area contributed by atoms with Crippen molar-refractivity contribution in [3.63, 3.8) is 0 Å². The highest BCUT2D eigenvalue weighted by Gasteiger charge is 2.23. The number of aromatic nitrogens is 6. The van der Waals surface area contributed by atoms with E-state index in [9.17, 15) is 0 Å². The highest BCUT2D eigenvalue weighted by Crippen LogP contribution is 2.27. The van der Waals surface area contributed by atoms with E-state index in [4.69, 9.17) is 5.10 Å². The Balaban J connectivity index is 2.02. The van der Waals surface area contributed by atoms with Gasteiger partial charge in [-0.1, -0.05) is 27.7 Å². The van der Waals surface area contributed by atoms with Gasteiger partial charge >= 0.3 is 0 Å². The smallest absolute Gasteiger partial charge is 0.268 e. The van der Waals surface area contributed by atoms with Crippen LogP contribution in [0.1, 0.15) is 50.9 Å². The van der Waals surface area contributed by atoms with E-state index in [0.717, 1.165) is 27.9 Å². The molecule has 6 heteroatoms. The molecule has 4 rings (SSSR count). The van der Waals surface area contributed by atoms with E-state index < -0.39 is 0 Å². The largest absolute Gasteiger partial charge is 0.292 e. The van der Waals surface area contributed by atoms with Crippen molar-refractivity contribution in [2.75, 3.05) is 0 Å². The molecule has 1 aromatic carbocycles. The Labute approximate surface area is 153 Å². The molecule has 134 valence electrons. The van der Waals surface area contributed by atoms with Crippen LogP contribution in [0.15, 0.2) is 30.7 Å². The van der Waals surface area contributed by atoms with Gasteiger partial charge in [-0.05, 0) is 29.1 Å². The molecule has 0 saturated carbocycles. The van der Waals surface area contributed by atoms with Gasteiger partial charge in [-0.2, -0.15) is 14.8 Å². The molecule has 0 fully saturated rings. The number of fused-ring (bicyclic) bond motifs is 2. The molecule has 6 nitrogen and oxygen atoms in total. The van der Waals surface area contributed by atoms with E-state index in [1.54, 1.807) is 0 Å². The average Bonchev–Trinajstić information content (AvgIpc) is 3.14. The fraction of sp³-hybridized carbons (Fsp3) is 0.400. The Bertz CT molecular complexity index is 1120. The number of benzene rings is 1. The summed E-state index contributed by atoms with van der Waals surface area (Å²) in [7, 11) is 3.98. The Morgan fingerprint density at radius 1 is 1.00 bits per heavy atom. The van der Waals surface area contributed by atoms with E-state index >= 15 is 0 Å². The topological polar surface area (TPSA) is 52.4 Å². The summed E-state index contributed by atoms with van der Waals surface area (Å²) in [6.45, 7) is 8.79. The van der Waals surface area contributed by atoms with Crippen molar-refractivity contribution in [3.05, 3.63) is 42.1 Å². The van der Waals surface area contributed by atoms with Gasteiger partial charge in [0.25, 0.3) is 6.33 Å². The Hall–Kier alpha value is -2.76. The van der Waals surface area contributed by atoms with Crippen molar-refractivity contribution in [1.29, 1.82) is 0 Å². The van der Waals surface area contributed by atoms with Gasteiger partial charge in [-0.25, -0.2) is 0 Å². The van der Waals surface area contributed by atoms with Crippen LogP contribution in [0.25, 0.3) is 27.6 Å². The molecule has 0 amide bonds. The minimum Gasteiger partial charge on any atom is -0.268 e. The number of hydrogen-bond donors (Lipinski definition) is 0. The van der Waals surface area contributed by atoms with Crippen molar-refractivity contribution >= 4 is 21.9 Å². The Morgan fingerprint density at radius 3 is 2.46 bits per heavy atom. The first kappa shape index (κ1) is 16.7. The first-order valence-electron chi connectivity index (χ1n) is 9.07. The quantitative estimate of drug-likeness (QED) is 0.533. The second-order valence-corrected chi connectivity index (χ2v) is 7.52. The lowest BCUT2D eigenvalue weighted by molar-refractivity contribution is -0.607. The molecule has 4 aromatic rings. The van der Waals surface area contributed by atoms with E-state index in [-0.39, 0.29) is 0 Å². The van der Waals surface area contributed by atoms with Crippen LogP contribution in [-0.4, -0.2) is 24.5 Å². The molecule has 0 atom stereocenters. The second-order valence-electron chi connectivity index (χ2n) is 7.52. The molecule has 0 saturated heterocycles. The third kappa shape index (κ3) is 2.40. The first-order chi connectivity index (χ1) is 12.4. The van der Waals surface area contributed by atoms with Crippen molar-refractivity contribution in [1.82, 2.24) is 24.5 Å². The predicted octanol–water partition coefficient (Wildman–Crippen LogP) is 3.38. The standard InChI is InChI=1S/C20H25N6/c1-12(2)18-15-9-14(7-8-17(15)24(5)23-18)26-11-21-16-10-22-25(6)20(16)19(26)13(3)4/h7-13H,1-6H3/q+1. The van der Waals surface area contributed by atoms with Crippen LogP contribution in [0, 0.1) is 0 Å². The Morgan fingerprint density at radius 2 is 1.77 bits per heavy atom. The van der Waals surface area contributed by atoms with Crippen LogP contribution in [0.3, 0.4) is 0 Å². The van der Waals surface area contributed by atoms with Gasteiger partial charge in [0.05, 0.1) is 11.2 Å². The molecule has 0 aliphatic heterocycles. The van der Waals surface area contributed by atoms with Crippen molar-refractivity contribution in [3.8, 4) is 5.69 Å². The van der Waals surface area contributed by atoms with Crippen LogP contribution in [-0.2, 0) is 14.1 Å². The zero-order valence-corrected chi connectivity index (χ0v) is 16.2. The van der Waals surface area contributed by atoms with Crippen LogP contribution in [0.2, 0.25) is 0 Å². The zero-order chi connectivity index (χ0) is 18.6. The molecule has 0 bridgehead atoms. The maximum absolute atomic E-state index is 4.72. The molecule has 0 aliphatic rings. The fourth-order valence-corrected chi connectivity index (χ4v) is 3.73. The van der Waals surface area contributed by atoms with Crippen LogP contribution >= 0.6 is 0 Å². The van der Waals surface area contributed by atoms with Gasteiger partial charge in [0.1, 0.15) is 17.6 Å². The minimum absolute atomic E-state index is 0.338. The fourth-order valence-electron chi connectivity index (χ4n) is 3.73. The molecular weight excluding hydrogens is 324 g/mol. The van der Waals surface area contributed by atoms with E-state index in [2.05, 4.69) is 60.5 Å². The first-order valence-corrected chi connectivity index (χ1v) is 9.07. The highest BCUT2D eigenvalue weighted by atomic mass is 15.3. The lowest BCUT2D eigenvalue weighted by Gasteiger charge is -2.11. The number of nitrogens with zero attached hydrogens (tertiary/aromatic N) is 6. The minimum atomic E-state index is 0.338. The molecule has 0 N–H and O–H groups in total. The molecule has 3 aromatic heterocycles. The summed E-state index contributed by atoms with van der Waals surface area (Å²) in [6.07, 6.45) is 3.73. The maximum Gasteiger partial charge on any atom is 0.292 e. The monoisotopic (exact) mass is 349 g/mol. The lowest BCUT2D eigenvalue weighted by atomic mass is 10.0. The molecular formula is C20H25N6+. The summed E-state index contributed by atoms with van der Waals surface area (Å²) in [5, 5.41) is 10.3. The summed E-state index contributed by atoms with van der Waals surface area (Å²) in [6, 6.07) is 6.52. The summed E-state index contributed by atoms with van der Waals surface area (Å²) in [4.78, 5) is 4.62. The average molecular weight is 349 g/mol. The number of aryl methyl sites for hydroxylation is 2. The lowest BCUT2D eigenvalue weighted by Crippen LogP contribution is -2.37. The van der Waals surface area contributed by atoms with Crippen LogP contribution < -0.4 is 4.57 Å². The van der Waals surface area contributed by atoms with E-state index in [1.165, 1.54) is 11.1 Å². The summed E-state index contributed by atoms with van der Waals surface area (Å²) >= 11 is 0. The third-order valence-electron chi connectivity index (χ3n) is 4.97. The number of hydrogen-bond acceptors (Lipinski definition) is 3. The third-order valence-corrected chi connectivity index (χ3v) is 4.97. The molecule has 26 heavy (non-hydrogen) atoms. The van der Waals surface area contributed by atoms with E-state index in [0.29, 0.717) is 11.8 Å². The normalized spacial score (nSPS) is 12.2. The Kier molecular flexibility index (Phi) is 3.79. The van der Waals surface area contributed by atoms with Crippen LogP contribution in [0.4, 0.5) is 0 Å². The molecule has 0 radical (unpaired) electrons.